The van der Waals surface area contributed by atoms with E-state index in [4.69, 9.17) is 4.74 Å². The van der Waals surface area contributed by atoms with E-state index in [-0.39, 0.29) is 0 Å². The van der Waals surface area contributed by atoms with Crippen LogP contribution in [0.5, 0.6) is 5.75 Å². The largest absolute Gasteiger partial charge is 0.493 e. The van der Waals surface area contributed by atoms with Gasteiger partial charge in [0.2, 0.25) is 0 Å². The number of aryl methyl sites for hydroxylation is 1. The van der Waals surface area contributed by atoms with Crippen LogP contribution in [0.3, 0.4) is 0 Å². The second kappa shape index (κ2) is 13.0. The van der Waals surface area contributed by atoms with E-state index in [0.29, 0.717) is 0 Å². The lowest BCUT2D eigenvalue weighted by atomic mass is 10.1. The summed E-state index contributed by atoms with van der Waals surface area (Å²) >= 11 is 0. The normalized spacial score (nSPS) is 9.74. The molecule has 23 heavy (non-hydrogen) atoms. The second-order valence-corrected chi connectivity index (χ2v) is 5.68. The zero-order valence-corrected chi connectivity index (χ0v) is 16.1. The summed E-state index contributed by atoms with van der Waals surface area (Å²) in [6, 6.07) is 12.7. The Balaban J connectivity index is 0.000000868. The molecule has 0 aliphatic carbocycles. The molecule has 0 aliphatic heterocycles. The van der Waals surface area contributed by atoms with Crippen molar-refractivity contribution < 1.29 is 4.74 Å². The van der Waals surface area contributed by atoms with Gasteiger partial charge >= 0.3 is 0 Å². The van der Waals surface area contributed by atoms with Gasteiger partial charge in [0.15, 0.2) is 0 Å². The molecule has 0 aliphatic rings. The summed E-state index contributed by atoms with van der Waals surface area (Å²) < 4.78 is 5.87. The van der Waals surface area contributed by atoms with Crippen LogP contribution in [0, 0.1) is 6.92 Å². The molecule has 0 bridgehead atoms. The summed E-state index contributed by atoms with van der Waals surface area (Å²) in [6.07, 6.45) is 2.30. The minimum absolute atomic E-state index is 0.775. The van der Waals surface area contributed by atoms with Crippen LogP contribution < -0.4 is 4.74 Å². The number of nitrogens with zero attached hydrogens (tertiary/aromatic N) is 1. The maximum Gasteiger partial charge on any atom is 0.122 e. The van der Waals surface area contributed by atoms with E-state index in [1.54, 1.807) is 0 Å². The first-order valence-corrected chi connectivity index (χ1v) is 8.85. The minimum Gasteiger partial charge on any atom is -0.493 e. The van der Waals surface area contributed by atoms with Gasteiger partial charge in [0, 0.05) is 6.54 Å². The van der Waals surface area contributed by atoms with E-state index in [1.165, 1.54) is 22.8 Å². The van der Waals surface area contributed by atoms with Crippen molar-refractivity contribution in [3.63, 3.8) is 0 Å². The predicted octanol–water partition coefficient (Wildman–Crippen LogP) is 5.92. The zero-order valence-electron chi connectivity index (χ0n) is 16.1. The molecule has 0 atom stereocenters. The zero-order chi connectivity index (χ0) is 17.7. The molecule has 0 aromatic heterocycles. The molecular formula is C21H35NO. The second-order valence-electron chi connectivity index (χ2n) is 5.68. The molecule has 0 heterocycles. The lowest BCUT2D eigenvalue weighted by molar-refractivity contribution is 0.280. The Morgan fingerprint density at radius 2 is 1.48 bits per heavy atom. The highest BCUT2D eigenvalue weighted by atomic mass is 16.5. The molecule has 2 aromatic rings. The number of rotatable bonds is 5. The Morgan fingerprint density at radius 1 is 0.957 bits per heavy atom. The molecule has 0 fully saturated rings. The van der Waals surface area contributed by atoms with Crippen molar-refractivity contribution >= 4 is 10.8 Å². The summed E-state index contributed by atoms with van der Waals surface area (Å²) in [4.78, 5) is 2.18. The summed E-state index contributed by atoms with van der Waals surface area (Å²) in [7, 11) is 4.17. The van der Waals surface area contributed by atoms with Crippen LogP contribution in [-0.2, 0) is 0 Å². The highest BCUT2D eigenvalue weighted by Gasteiger charge is 2.02. The van der Waals surface area contributed by atoms with E-state index in [0.717, 1.165) is 25.3 Å². The monoisotopic (exact) mass is 317 g/mol. The number of hydrogen-bond donors (Lipinski definition) is 0. The third-order valence-electron chi connectivity index (χ3n) is 3.05. The average molecular weight is 318 g/mol. The van der Waals surface area contributed by atoms with Crippen LogP contribution in [0.15, 0.2) is 36.4 Å². The third-order valence-corrected chi connectivity index (χ3v) is 3.05. The molecule has 0 spiro atoms. The van der Waals surface area contributed by atoms with Crippen LogP contribution in [0.1, 0.15) is 46.1 Å². The number of hydrogen-bond acceptors (Lipinski definition) is 2. The Labute approximate surface area is 143 Å². The highest BCUT2D eigenvalue weighted by molar-refractivity contribution is 5.84. The first-order valence-electron chi connectivity index (χ1n) is 8.85. The van der Waals surface area contributed by atoms with E-state index >= 15 is 0 Å². The van der Waals surface area contributed by atoms with Crippen LogP contribution in [0.25, 0.3) is 10.8 Å². The SMILES string of the molecule is CC.CCC.Cc1cc2ccccc2cc1OCCCN(C)C. The van der Waals surface area contributed by atoms with Gasteiger partial charge in [-0.1, -0.05) is 58.4 Å². The number of benzene rings is 2. The Bertz CT molecular complexity index is 534. The average Bonchev–Trinajstić information content (AvgIpc) is 2.54. The molecule has 130 valence electrons. The van der Waals surface area contributed by atoms with Crippen molar-refractivity contribution in [1.82, 2.24) is 4.90 Å². The minimum atomic E-state index is 0.775. The fourth-order valence-corrected chi connectivity index (χ4v) is 2.05. The summed E-state index contributed by atoms with van der Waals surface area (Å²) in [6.45, 7) is 12.2. The molecular weight excluding hydrogens is 282 g/mol. The van der Waals surface area contributed by atoms with Gasteiger partial charge in [0.25, 0.3) is 0 Å². The smallest absolute Gasteiger partial charge is 0.122 e. The van der Waals surface area contributed by atoms with E-state index in [1.807, 2.05) is 13.8 Å². The highest BCUT2D eigenvalue weighted by Crippen LogP contribution is 2.25. The van der Waals surface area contributed by atoms with Crippen molar-refractivity contribution in [2.45, 2.75) is 47.5 Å². The van der Waals surface area contributed by atoms with Gasteiger partial charge in [0.05, 0.1) is 6.61 Å². The van der Waals surface area contributed by atoms with Crippen LogP contribution >= 0.6 is 0 Å². The molecule has 0 saturated carbocycles. The molecule has 2 rings (SSSR count). The van der Waals surface area contributed by atoms with E-state index in [2.05, 4.69) is 76.2 Å². The van der Waals surface area contributed by atoms with Gasteiger partial charge in [-0.2, -0.15) is 0 Å². The lowest BCUT2D eigenvalue weighted by Crippen LogP contribution is -2.15. The maximum atomic E-state index is 5.87. The maximum absolute atomic E-state index is 5.87. The van der Waals surface area contributed by atoms with Crippen LogP contribution in [-0.4, -0.2) is 32.1 Å². The van der Waals surface area contributed by atoms with Crippen molar-refractivity contribution in [3.8, 4) is 5.75 Å². The van der Waals surface area contributed by atoms with Gasteiger partial charge in [-0.3, -0.25) is 0 Å². The van der Waals surface area contributed by atoms with E-state index in [9.17, 15) is 0 Å². The molecule has 0 radical (unpaired) electrons. The quantitative estimate of drug-likeness (QED) is 0.634. The van der Waals surface area contributed by atoms with Gasteiger partial charge in [-0.05, 0) is 55.9 Å². The topological polar surface area (TPSA) is 12.5 Å². The van der Waals surface area contributed by atoms with Gasteiger partial charge in [0.1, 0.15) is 5.75 Å². The number of ether oxygens (including phenoxy) is 1. The predicted molar refractivity (Wildman–Crippen MR) is 105 cm³/mol. The summed E-state index contributed by atoms with van der Waals surface area (Å²) in [5.41, 5.74) is 1.21. The van der Waals surface area contributed by atoms with Gasteiger partial charge in [-0.25, -0.2) is 0 Å². The standard InChI is InChI=1S/C16H21NO.C3H8.C2H6/c1-13-11-14-7-4-5-8-15(14)12-16(13)18-10-6-9-17(2)3;1-3-2;1-2/h4-5,7-8,11-12H,6,9-10H2,1-3H3;3H2,1-2H3;1-2H3. The summed E-state index contributed by atoms with van der Waals surface area (Å²) in [5.74, 6) is 1.01. The molecule has 2 nitrogen and oxygen atoms in total. The molecule has 0 saturated heterocycles. The Hall–Kier alpha value is -1.54. The third kappa shape index (κ3) is 8.61. The first-order chi connectivity index (χ1) is 11.1. The van der Waals surface area contributed by atoms with Gasteiger partial charge in [-0.15, -0.1) is 0 Å². The fourth-order valence-electron chi connectivity index (χ4n) is 2.05. The molecule has 0 amide bonds. The Morgan fingerprint density at radius 3 is 2.00 bits per heavy atom. The first kappa shape index (κ1) is 21.5. The van der Waals surface area contributed by atoms with Crippen LogP contribution in [0.2, 0.25) is 0 Å². The van der Waals surface area contributed by atoms with Gasteiger partial charge < -0.3 is 9.64 Å². The molecule has 2 aromatic carbocycles. The summed E-state index contributed by atoms with van der Waals surface area (Å²) in [5, 5.41) is 2.52. The van der Waals surface area contributed by atoms with Crippen LogP contribution in [0.4, 0.5) is 0 Å². The fraction of sp³-hybridized carbons (Fsp3) is 0.524. The van der Waals surface area contributed by atoms with Crippen molar-refractivity contribution in [3.05, 3.63) is 42.0 Å². The van der Waals surface area contributed by atoms with Crippen molar-refractivity contribution in [2.75, 3.05) is 27.2 Å². The Kier molecular flexibility index (Phi) is 12.1. The van der Waals surface area contributed by atoms with E-state index < -0.39 is 0 Å². The molecule has 0 unspecified atom stereocenters. The number of fused-ring (bicyclic) bond motifs is 1. The van der Waals surface area contributed by atoms with Crippen molar-refractivity contribution in [2.24, 2.45) is 0 Å². The van der Waals surface area contributed by atoms with Crippen molar-refractivity contribution in [1.29, 1.82) is 0 Å². The molecule has 2 heteroatoms. The molecule has 0 N–H and O–H groups in total. The lowest BCUT2D eigenvalue weighted by Gasteiger charge is -2.12.